The van der Waals surface area contributed by atoms with E-state index in [0.717, 1.165) is 60.3 Å². The van der Waals surface area contributed by atoms with E-state index in [-0.39, 0.29) is 18.2 Å². The van der Waals surface area contributed by atoms with Gasteiger partial charge in [-0.2, -0.15) is 0 Å². The van der Waals surface area contributed by atoms with E-state index in [1.54, 1.807) is 6.07 Å². The molecule has 2 aromatic carbocycles. The van der Waals surface area contributed by atoms with Crippen molar-refractivity contribution in [2.75, 3.05) is 5.32 Å². The highest BCUT2D eigenvalue weighted by Crippen LogP contribution is 2.33. The lowest BCUT2D eigenvalue weighted by molar-refractivity contribution is -0.137. The molecule has 1 aliphatic rings. The summed E-state index contributed by atoms with van der Waals surface area (Å²) in [5, 5.41) is 16.2. The molecule has 196 valence electrons. The third-order valence-electron chi connectivity index (χ3n) is 7.53. The SMILES string of the molecule is Cc1ccccc1-c1nc2c(C(=O)NC(CC(=O)O)C3CCCCC3)cccn2c1NCc1ccccc1. The van der Waals surface area contributed by atoms with E-state index in [1.807, 2.05) is 53.1 Å². The van der Waals surface area contributed by atoms with Crippen LogP contribution in [0.15, 0.2) is 72.9 Å². The number of pyridine rings is 1. The van der Waals surface area contributed by atoms with Gasteiger partial charge < -0.3 is 15.7 Å². The van der Waals surface area contributed by atoms with E-state index in [2.05, 4.69) is 35.8 Å². The number of hydrogen-bond acceptors (Lipinski definition) is 4. The number of carboxylic acids is 1. The molecule has 1 unspecified atom stereocenters. The van der Waals surface area contributed by atoms with Gasteiger partial charge >= 0.3 is 5.97 Å². The van der Waals surface area contributed by atoms with Crippen molar-refractivity contribution in [3.63, 3.8) is 0 Å². The second kappa shape index (κ2) is 11.5. The highest BCUT2D eigenvalue weighted by molar-refractivity contribution is 6.01. The highest BCUT2D eigenvalue weighted by atomic mass is 16.4. The number of aromatic nitrogens is 2. The van der Waals surface area contributed by atoms with Gasteiger partial charge in [-0.25, -0.2) is 4.98 Å². The maximum Gasteiger partial charge on any atom is 0.305 e. The summed E-state index contributed by atoms with van der Waals surface area (Å²) in [6.07, 6.45) is 7.02. The molecule has 1 fully saturated rings. The number of carbonyl (C=O) groups is 2. The van der Waals surface area contributed by atoms with Crippen LogP contribution in [0, 0.1) is 12.8 Å². The van der Waals surface area contributed by atoms with Crippen LogP contribution in [0.1, 0.15) is 60.0 Å². The second-order valence-corrected chi connectivity index (χ2v) is 10.2. The number of anilines is 1. The van der Waals surface area contributed by atoms with Gasteiger partial charge in [0.2, 0.25) is 0 Å². The van der Waals surface area contributed by atoms with Crippen LogP contribution in [0.25, 0.3) is 16.9 Å². The maximum absolute atomic E-state index is 13.6. The number of aliphatic carboxylic acids is 1. The van der Waals surface area contributed by atoms with Crippen molar-refractivity contribution in [1.29, 1.82) is 0 Å². The lowest BCUT2D eigenvalue weighted by atomic mass is 9.82. The topological polar surface area (TPSA) is 95.7 Å². The number of rotatable bonds is 9. The lowest BCUT2D eigenvalue weighted by Crippen LogP contribution is -2.42. The molecule has 4 aromatic rings. The number of aryl methyl sites for hydroxylation is 1. The van der Waals surface area contributed by atoms with Crippen molar-refractivity contribution in [1.82, 2.24) is 14.7 Å². The quantitative estimate of drug-likeness (QED) is 0.254. The van der Waals surface area contributed by atoms with Crippen molar-refractivity contribution in [2.24, 2.45) is 5.92 Å². The Hall–Kier alpha value is -4.13. The van der Waals surface area contributed by atoms with E-state index in [9.17, 15) is 14.7 Å². The molecule has 1 aliphatic carbocycles. The Balaban J connectivity index is 1.52. The summed E-state index contributed by atoms with van der Waals surface area (Å²) in [7, 11) is 0. The van der Waals surface area contributed by atoms with Crippen LogP contribution in [0.3, 0.4) is 0 Å². The first-order valence-corrected chi connectivity index (χ1v) is 13.4. The summed E-state index contributed by atoms with van der Waals surface area (Å²) in [4.78, 5) is 30.2. The van der Waals surface area contributed by atoms with Crippen LogP contribution in [-0.2, 0) is 11.3 Å². The van der Waals surface area contributed by atoms with Gasteiger partial charge in [-0.3, -0.25) is 14.0 Å². The molecule has 0 radical (unpaired) electrons. The van der Waals surface area contributed by atoms with Gasteiger partial charge in [-0.15, -0.1) is 0 Å². The molecular formula is C31H34N4O3. The molecule has 2 aromatic heterocycles. The molecule has 1 saturated carbocycles. The molecule has 0 bridgehead atoms. The fourth-order valence-electron chi connectivity index (χ4n) is 5.53. The molecule has 0 saturated heterocycles. The molecule has 7 heteroatoms. The van der Waals surface area contributed by atoms with Crippen LogP contribution in [0.5, 0.6) is 0 Å². The summed E-state index contributed by atoms with van der Waals surface area (Å²) in [6, 6.07) is 21.4. The number of imidazole rings is 1. The molecular weight excluding hydrogens is 476 g/mol. The van der Waals surface area contributed by atoms with Crippen molar-refractivity contribution >= 4 is 23.3 Å². The first-order valence-electron chi connectivity index (χ1n) is 13.4. The number of carboxylic acid groups (broad SMARTS) is 1. The number of hydrogen-bond donors (Lipinski definition) is 3. The zero-order valence-corrected chi connectivity index (χ0v) is 21.7. The van der Waals surface area contributed by atoms with E-state index in [4.69, 9.17) is 4.98 Å². The van der Waals surface area contributed by atoms with Gasteiger partial charge in [0.25, 0.3) is 5.91 Å². The van der Waals surface area contributed by atoms with E-state index >= 15 is 0 Å². The summed E-state index contributed by atoms with van der Waals surface area (Å²) < 4.78 is 1.92. The van der Waals surface area contributed by atoms with Crippen molar-refractivity contribution < 1.29 is 14.7 Å². The summed E-state index contributed by atoms with van der Waals surface area (Å²) in [5.74, 6) is -0.200. The third kappa shape index (κ3) is 5.57. The smallest absolute Gasteiger partial charge is 0.305 e. The largest absolute Gasteiger partial charge is 0.481 e. The zero-order chi connectivity index (χ0) is 26.5. The number of fused-ring (bicyclic) bond motifs is 1. The average molecular weight is 511 g/mol. The van der Waals surface area contributed by atoms with Gasteiger partial charge in [-0.05, 0) is 48.9 Å². The van der Waals surface area contributed by atoms with Crippen molar-refractivity contribution in [3.05, 3.63) is 89.6 Å². The van der Waals surface area contributed by atoms with Gasteiger partial charge in [0, 0.05) is 24.3 Å². The zero-order valence-electron chi connectivity index (χ0n) is 21.7. The number of benzene rings is 2. The highest BCUT2D eigenvalue weighted by Gasteiger charge is 2.29. The third-order valence-corrected chi connectivity index (χ3v) is 7.53. The van der Waals surface area contributed by atoms with E-state index in [1.165, 1.54) is 0 Å². The molecule has 0 aliphatic heterocycles. The van der Waals surface area contributed by atoms with E-state index in [0.29, 0.717) is 17.8 Å². The lowest BCUT2D eigenvalue weighted by Gasteiger charge is -2.30. The second-order valence-electron chi connectivity index (χ2n) is 10.2. The molecule has 0 spiro atoms. The van der Waals surface area contributed by atoms with Crippen LogP contribution >= 0.6 is 0 Å². The molecule has 3 N–H and O–H groups in total. The van der Waals surface area contributed by atoms with Crippen molar-refractivity contribution in [2.45, 2.75) is 58.0 Å². The minimum absolute atomic E-state index is 0.0771. The minimum atomic E-state index is -0.894. The molecule has 7 nitrogen and oxygen atoms in total. The number of amides is 1. The van der Waals surface area contributed by atoms with Crippen LogP contribution in [0.4, 0.5) is 5.82 Å². The molecule has 1 atom stereocenters. The summed E-state index contributed by atoms with van der Waals surface area (Å²) >= 11 is 0. The fraction of sp³-hybridized carbons (Fsp3) is 0.323. The first kappa shape index (κ1) is 25.5. The molecule has 2 heterocycles. The first-order chi connectivity index (χ1) is 18.5. The van der Waals surface area contributed by atoms with Gasteiger partial charge in [0.1, 0.15) is 11.5 Å². The predicted octanol–water partition coefficient (Wildman–Crippen LogP) is 6.08. The summed E-state index contributed by atoms with van der Waals surface area (Å²) in [6.45, 7) is 2.65. The predicted molar refractivity (Wildman–Crippen MR) is 149 cm³/mol. The Morgan fingerprint density at radius 3 is 2.47 bits per heavy atom. The van der Waals surface area contributed by atoms with Crippen LogP contribution in [0.2, 0.25) is 0 Å². The number of nitrogens with one attached hydrogen (secondary N) is 2. The maximum atomic E-state index is 13.6. The Morgan fingerprint density at radius 2 is 1.74 bits per heavy atom. The Morgan fingerprint density at radius 1 is 1.00 bits per heavy atom. The monoisotopic (exact) mass is 510 g/mol. The molecule has 1 amide bonds. The standard InChI is InChI=1S/C31H34N4O3/c1-21-11-8-9-16-24(21)28-30(32-20-22-12-4-2-5-13-22)35-18-10-17-25(29(35)34-28)31(38)33-26(19-27(36)37)23-14-6-3-7-15-23/h2,4-5,8-13,16-18,23,26,32H,3,6-7,14-15,19-20H2,1H3,(H,33,38)(H,36,37). The molecule has 5 rings (SSSR count). The minimum Gasteiger partial charge on any atom is -0.481 e. The van der Waals surface area contributed by atoms with Gasteiger partial charge in [-0.1, -0.05) is 73.9 Å². The molecule has 38 heavy (non-hydrogen) atoms. The van der Waals surface area contributed by atoms with Crippen LogP contribution < -0.4 is 10.6 Å². The van der Waals surface area contributed by atoms with Gasteiger partial charge in [0.05, 0.1) is 12.0 Å². The Bertz CT molecular complexity index is 1420. The number of carbonyl (C=O) groups excluding carboxylic acids is 1. The average Bonchev–Trinajstić information content (AvgIpc) is 3.31. The van der Waals surface area contributed by atoms with Crippen LogP contribution in [-0.4, -0.2) is 32.4 Å². The fourth-order valence-corrected chi connectivity index (χ4v) is 5.53. The number of nitrogens with zero attached hydrogens (tertiary/aromatic N) is 2. The Kier molecular flexibility index (Phi) is 7.73. The normalized spacial score (nSPS) is 14.8. The van der Waals surface area contributed by atoms with E-state index < -0.39 is 12.0 Å². The van der Waals surface area contributed by atoms with Crippen molar-refractivity contribution in [3.8, 4) is 11.3 Å². The van der Waals surface area contributed by atoms with Gasteiger partial charge in [0.15, 0.2) is 5.65 Å². The Labute approximate surface area is 222 Å². The summed E-state index contributed by atoms with van der Waals surface area (Å²) in [5.41, 5.74) is 4.95.